The minimum Gasteiger partial charge on any atom is -0.497 e. The van der Waals surface area contributed by atoms with Gasteiger partial charge >= 0.3 is 5.97 Å². The zero-order valence-corrected chi connectivity index (χ0v) is 12.1. The van der Waals surface area contributed by atoms with Gasteiger partial charge in [0.05, 0.1) is 20.2 Å². The summed E-state index contributed by atoms with van der Waals surface area (Å²) in [5.74, 6) is 1.15. The van der Waals surface area contributed by atoms with Crippen molar-refractivity contribution in [1.82, 2.24) is 4.98 Å². The summed E-state index contributed by atoms with van der Waals surface area (Å²) >= 11 is 0. The molecule has 1 N–H and O–H groups in total. The molecule has 1 fully saturated rings. The van der Waals surface area contributed by atoms with E-state index in [0.29, 0.717) is 18.9 Å². The summed E-state index contributed by atoms with van der Waals surface area (Å²) < 4.78 is 11.0. The molecule has 1 aliphatic rings. The number of rotatable bonds is 5. The summed E-state index contributed by atoms with van der Waals surface area (Å²) in [6, 6.07) is 12.4. The zero-order valence-electron chi connectivity index (χ0n) is 12.1. The predicted molar refractivity (Wildman–Crippen MR) is 80.8 cm³/mol. The molecule has 114 valence electrons. The fourth-order valence-electron chi connectivity index (χ4n) is 2.29. The number of carboxylic acids is 1. The zero-order chi connectivity index (χ0) is 15.5. The number of methoxy groups -OCH3 is 1. The first kappa shape index (κ1) is 14.2. The van der Waals surface area contributed by atoms with E-state index in [0.717, 1.165) is 11.5 Å². The maximum atomic E-state index is 10.9. The van der Waals surface area contributed by atoms with Gasteiger partial charge in [-0.05, 0) is 24.3 Å². The molecule has 0 unspecified atom stereocenters. The maximum Gasteiger partial charge on any atom is 0.354 e. The fraction of sp³-hybridized carbons (Fsp3) is 0.250. The molecule has 0 aliphatic carbocycles. The first-order valence-electron chi connectivity index (χ1n) is 6.92. The third-order valence-corrected chi connectivity index (χ3v) is 3.47. The fourth-order valence-corrected chi connectivity index (χ4v) is 2.29. The van der Waals surface area contributed by atoms with Crippen molar-refractivity contribution < 1.29 is 19.4 Å². The van der Waals surface area contributed by atoms with E-state index in [2.05, 4.69) is 4.98 Å². The predicted octanol–water partition coefficient (Wildman–Crippen LogP) is 2.06. The standard InChI is InChI=1S/C16H16N2O4/c1-21-11-4-2-5-12(8-11)22-13-9-18(10-13)15-7-3-6-14(17-15)16(19)20/h2-8,13H,9-10H2,1H3,(H,19,20). The third-order valence-electron chi connectivity index (χ3n) is 3.47. The van der Waals surface area contributed by atoms with Gasteiger partial charge in [0.15, 0.2) is 5.69 Å². The third kappa shape index (κ3) is 2.95. The molecule has 1 aliphatic heterocycles. The van der Waals surface area contributed by atoms with Crippen LogP contribution in [0.25, 0.3) is 0 Å². The summed E-state index contributed by atoms with van der Waals surface area (Å²) in [4.78, 5) is 17.0. The highest BCUT2D eigenvalue weighted by Gasteiger charge is 2.30. The van der Waals surface area contributed by atoms with Gasteiger partial charge < -0.3 is 19.5 Å². The lowest BCUT2D eigenvalue weighted by Gasteiger charge is -2.39. The van der Waals surface area contributed by atoms with Crippen molar-refractivity contribution in [3.8, 4) is 11.5 Å². The van der Waals surface area contributed by atoms with Gasteiger partial charge in [-0.3, -0.25) is 0 Å². The summed E-state index contributed by atoms with van der Waals surface area (Å²) in [5.41, 5.74) is 0.0506. The molecule has 6 heteroatoms. The van der Waals surface area contributed by atoms with Crippen LogP contribution in [-0.4, -0.2) is 42.4 Å². The SMILES string of the molecule is COc1cccc(OC2CN(c3cccc(C(=O)O)n3)C2)c1. The Morgan fingerprint density at radius 3 is 2.68 bits per heavy atom. The number of aromatic carboxylic acids is 1. The molecule has 0 spiro atoms. The van der Waals surface area contributed by atoms with Crippen LogP contribution in [0.1, 0.15) is 10.5 Å². The second-order valence-electron chi connectivity index (χ2n) is 5.01. The molecule has 1 aromatic carbocycles. The Kier molecular flexibility index (Phi) is 3.82. The van der Waals surface area contributed by atoms with Crippen LogP contribution in [0, 0.1) is 0 Å². The lowest BCUT2D eigenvalue weighted by Crippen LogP contribution is -2.54. The molecular formula is C16H16N2O4. The van der Waals surface area contributed by atoms with E-state index in [9.17, 15) is 4.79 Å². The monoisotopic (exact) mass is 300 g/mol. The second-order valence-corrected chi connectivity index (χ2v) is 5.01. The van der Waals surface area contributed by atoms with Crippen LogP contribution in [-0.2, 0) is 0 Å². The van der Waals surface area contributed by atoms with E-state index in [-0.39, 0.29) is 11.8 Å². The quantitative estimate of drug-likeness (QED) is 0.911. The molecule has 2 heterocycles. The number of aromatic nitrogens is 1. The first-order chi connectivity index (χ1) is 10.7. The molecule has 2 aromatic rings. The van der Waals surface area contributed by atoms with Gasteiger partial charge in [-0.1, -0.05) is 12.1 Å². The molecule has 0 atom stereocenters. The number of carboxylic acid groups (broad SMARTS) is 1. The Labute approximate surface area is 127 Å². The van der Waals surface area contributed by atoms with Gasteiger partial charge in [0, 0.05) is 6.07 Å². The number of hydrogen-bond donors (Lipinski definition) is 1. The Balaban J connectivity index is 1.60. The molecule has 0 saturated carbocycles. The van der Waals surface area contributed by atoms with Crippen LogP contribution in [0.5, 0.6) is 11.5 Å². The van der Waals surface area contributed by atoms with Gasteiger partial charge in [0.2, 0.25) is 0 Å². The van der Waals surface area contributed by atoms with Gasteiger partial charge in [0.1, 0.15) is 23.4 Å². The molecule has 3 rings (SSSR count). The second kappa shape index (κ2) is 5.93. The normalized spacial score (nSPS) is 14.3. The van der Waals surface area contributed by atoms with Gasteiger partial charge in [0.25, 0.3) is 0 Å². The highest BCUT2D eigenvalue weighted by molar-refractivity contribution is 5.85. The Bertz CT molecular complexity index is 683. The largest absolute Gasteiger partial charge is 0.497 e. The Morgan fingerprint density at radius 1 is 1.23 bits per heavy atom. The van der Waals surface area contributed by atoms with Crippen molar-refractivity contribution in [3.05, 3.63) is 48.2 Å². The average Bonchev–Trinajstić information content (AvgIpc) is 2.50. The van der Waals surface area contributed by atoms with E-state index in [4.69, 9.17) is 14.6 Å². The van der Waals surface area contributed by atoms with E-state index in [1.54, 1.807) is 19.2 Å². The van der Waals surface area contributed by atoms with Crippen LogP contribution in [0.3, 0.4) is 0 Å². The number of ether oxygens (including phenoxy) is 2. The molecule has 0 amide bonds. The highest BCUT2D eigenvalue weighted by atomic mass is 16.5. The number of pyridine rings is 1. The van der Waals surface area contributed by atoms with E-state index in [1.165, 1.54) is 6.07 Å². The highest BCUT2D eigenvalue weighted by Crippen LogP contribution is 2.25. The molecule has 0 radical (unpaired) electrons. The Hall–Kier alpha value is -2.76. The molecule has 0 bridgehead atoms. The molecule has 1 saturated heterocycles. The van der Waals surface area contributed by atoms with Crippen LogP contribution < -0.4 is 14.4 Å². The van der Waals surface area contributed by atoms with Crippen molar-refractivity contribution in [3.63, 3.8) is 0 Å². The van der Waals surface area contributed by atoms with Crippen LogP contribution in [0.2, 0.25) is 0 Å². The summed E-state index contributed by atoms with van der Waals surface area (Å²) in [6.45, 7) is 1.35. The number of carbonyl (C=O) groups is 1. The van der Waals surface area contributed by atoms with E-state index in [1.807, 2.05) is 29.2 Å². The van der Waals surface area contributed by atoms with E-state index < -0.39 is 5.97 Å². The lowest BCUT2D eigenvalue weighted by molar-refractivity contribution is 0.0690. The van der Waals surface area contributed by atoms with Crippen molar-refractivity contribution in [2.75, 3.05) is 25.1 Å². The first-order valence-corrected chi connectivity index (χ1v) is 6.92. The molecule has 1 aromatic heterocycles. The Morgan fingerprint density at radius 2 is 1.95 bits per heavy atom. The summed E-state index contributed by atoms with van der Waals surface area (Å²) in [7, 11) is 1.62. The van der Waals surface area contributed by atoms with E-state index >= 15 is 0 Å². The smallest absolute Gasteiger partial charge is 0.354 e. The molecular weight excluding hydrogens is 284 g/mol. The average molecular weight is 300 g/mol. The minimum atomic E-state index is -1.02. The van der Waals surface area contributed by atoms with Gasteiger partial charge in [-0.2, -0.15) is 0 Å². The lowest BCUT2D eigenvalue weighted by atomic mass is 10.1. The van der Waals surface area contributed by atoms with Crippen molar-refractivity contribution in [2.24, 2.45) is 0 Å². The molecule has 6 nitrogen and oxygen atoms in total. The number of anilines is 1. The van der Waals surface area contributed by atoms with Gasteiger partial charge in [-0.15, -0.1) is 0 Å². The van der Waals surface area contributed by atoms with Crippen LogP contribution >= 0.6 is 0 Å². The van der Waals surface area contributed by atoms with Crippen LogP contribution in [0.4, 0.5) is 5.82 Å². The molecule has 22 heavy (non-hydrogen) atoms. The minimum absolute atomic E-state index is 0.0506. The van der Waals surface area contributed by atoms with Gasteiger partial charge in [-0.25, -0.2) is 9.78 Å². The number of hydrogen-bond acceptors (Lipinski definition) is 5. The topological polar surface area (TPSA) is 71.9 Å². The maximum absolute atomic E-state index is 10.9. The van der Waals surface area contributed by atoms with Crippen LogP contribution in [0.15, 0.2) is 42.5 Å². The van der Waals surface area contributed by atoms with Crippen molar-refractivity contribution in [2.45, 2.75) is 6.10 Å². The number of benzene rings is 1. The van der Waals surface area contributed by atoms with Crippen molar-refractivity contribution >= 4 is 11.8 Å². The number of nitrogens with zero attached hydrogens (tertiary/aromatic N) is 2. The summed E-state index contributed by atoms with van der Waals surface area (Å²) in [6.07, 6.45) is 0.0578. The summed E-state index contributed by atoms with van der Waals surface area (Å²) in [5, 5.41) is 8.96. The van der Waals surface area contributed by atoms with Crippen molar-refractivity contribution in [1.29, 1.82) is 0 Å².